The summed E-state index contributed by atoms with van der Waals surface area (Å²) in [4.78, 5) is 37.5. The van der Waals surface area contributed by atoms with E-state index < -0.39 is 18.5 Å². The van der Waals surface area contributed by atoms with Crippen LogP contribution in [0.15, 0.2) is 66.7 Å². The highest BCUT2D eigenvalue weighted by Crippen LogP contribution is 2.28. The Labute approximate surface area is 189 Å². The first-order chi connectivity index (χ1) is 15.4. The van der Waals surface area contributed by atoms with E-state index in [4.69, 9.17) is 25.8 Å². The third kappa shape index (κ3) is 5.44. The minimum Gasteiger partial charge on any atom is -0.493 e. The van der Waals surface area contributed by atoms with Crippen LogP contribution in [0.4, 0.5) is 5.69 Å². The average molecular weight is 454 g/mol. The number of nitrogens with one attached hydrogen (secondary N) is 1. The number of anilines is 1. The number of carbonyl (C=O) groups excluding carboxylic acids is 3. The molecule has 0 unspecified atom stereocenters. The zero-order valence-electron chi connectivity index (χ0n) is 17.4. The van der Waals surface area contributed by atoms with Crippen LogP contribution in [0.3, 0.4) is 0 Å². The molecule has 0 heterocycles. The molecule has 7 nitrogen and oxygen atoms in total. The standard InChI is InChI=1S/C24H20ClNO6/c1-30-20-11-8-16(12-21(20)31-2)24(29)32-14-22(27)26-19-10-9-17(25)13-18(19)23(28)15-6-4-3-5-7-15/h3-13H,14H2,1-2H3,(H,26,27). The lowest BCUT2D eigenvalue weighted by Gasteiger charge is -2.12. The topological polar surface area (TPSA) is 90.9 Å². The van der Waals surface area contributed by atoms with Crippen molar-refractivity contribution in [3.8, 4) is 11.5 Å². The van der Waals surface area contributed by atoms with E-state index in [1.807, 2.05) is 0 Å². The van der Waals surface area contributed by atoms with Crippen LogP contribution in [0.5, 0.6) is 11.5 Å². The van der Waals surface area contributed by atoms with E-state index in [9.17, 15) is 14.4 Å². The molecule has 0 aliphatic heterocycles. The second-order valence-corrected chi connectivity index (χ2v) is 7.02. The number of benzene rings is 3. The van der Waals surface area contributed by atoms with Gasteiger partial charge in [-0.25, -0.2) is 4.79 Å². The molecule has 0 saturated carbocycles. The maximum absolute atomic E-state index is 12.8. The van der Waals surface area contributed by atoms with Crippen molar-refractivity contribution < 1.29 is 28.6 Å². The van der Waals surface area contributed by atoms with Crippen LogP contribution in [-0.4, -0.2) is 38.5 Å². The molecule has 0 bridgehead atoms. The van der Waals surface area contributed by atoms with Crippen LogP contribution in [0.2, 0.25) is 5.02 Å². The number of carbonyl (C=O) groups is 3. The maximum atomic E-state index is 12.8. The lowest BCUT2D eigenvalue weighted by Crippen LogP contribution is -2.22. The quantitative estimate of drug-likeness (QED) is 0.402. The van der Waals surface area contributed by atoms with Gasteiger partial charge in [0.1, 0.15) is 0 Å². The van der Waals surface area contributed by atoms with Crippen molar-refractivity contribution in [1.82, 2.24) is 0 Å². The smallest absolute Gasteiger partial charge is 0.338 e. The van der Waals surface area contributed by atoms with Gasteiger partial charge in [-0.2, -0.15) is 0 Å². The highest BCUT2D eigenvalue weighted by atomic mass is 35.5. The molecule has 0 aliphatic rings. The summed E-state index contributed by atoms with van der Waals surface area (Å²) in [6, 6.07) is 17.7. The van der Waals surface area contributed by atoms with E-state index in [1.165, 1.54) is 38.5 Å². The van der Waals surface area contributed by atoms with Crippen molar-refractivity contribution in [2.75, 3.05) is 26.1 Å². The predicted molar refractivity (Wildman–Crippen MR) is 120 cm³/mol. The summed E-state index contributed by atoms with van der Waals surface area (Å²) in [7, 11) is 2.93. The Morgan fingerprint density at radius 2 is 1.56 bits per heavy atom. The molecule has 0 aromatic heterocycles. The summed E-state index contributed by atoms with van der Waals surface area (Å²) >= 11 is 6.05. The van der Waals surface area contributed by atoms with E-state index in [2.05, 4.69) is 5.32 Å². The fraction of sp³-hybridized carbons (Fsp3) is 0.125. The lowest BCUT2D eigenvalue weighted by molar-refractivity contribution is -0.119. The Balaban J connectivity index is 1.69. The molecule has 32 heavy (non-hydrogen) atoms. The molecule has 3 rings (SSSR count). The SMILES string of the molecule is COc1ccc(C(=O)OCC(=O)Nc2ccc(Cl)cc2C(=O)c2ccccc2)cc1OC. The first kappa shape index (κ1) is 22.8. The molecule has 0 radical (unpaired) electrons. The minimum absolute atomic E-state index is 0.196. The number of ether oxygens (including phenoxy) is 3. The van der Waals surface area contributed by atoms with Gasteiger partial charge in [0.05, 0.1) is 25.5 Å². The number of esters is 1. The van der Waals surface area contributed by atoms with Crippen molar-refractivity contribution in [3.63, 3.8) is 0 Å². The van der Waals surface area contributed by atoms with Crippen LogP contribution in [-0.2, 0) is 9.53 Å². The summed E-state index contributed by atoms with van der Waals surface area (Å²) in [5.41, 5.74) is 1.13. The van der Waals surface area contributed by atoms with Gasteiger partial charge in [0, 0.05) is 16.1 Å². The maximum Gasteiger partial charge on any atom is 0.338 e. The third-order valence-electron chi connectivity index (χ3n) is 4.49. The summed E-state index contributed by atoms with van der Waals surface area (Å²) in [6.07, 6.45) is 0. The number of amides is 1. The summed E-state index contributed by atoms with van der Waals surface area (Å²) < 4.78 is 15.4. The fourth-order valence-electron chi connectivity index (χ4n) is 2.92. The number of rotatable bonds is 8. The molecule has 1 amide bonds. The molecule has 0 aliphatic carbocycles. The average Bonchev–Trinajstić information content (AvgIpc) is 2.83. The minimum atomic E-state index is -0.710. The molecule has 8 heteroatoms. The van der Waals surface area contributed by atoms with Gasteiger partial charge in [-0.1, -0.05) is 41.9 Å². The van der Waals surface area contributed by atoms with E-state index >= 15 is 0 Å². The molecular weight excluding hydrogens is 434 g/mol. The van der Waals surface area contributed by atoms with Crippen LogP contribution in [0.1, 0.15) is 26.3 Å². The van der Waals surface area contributed by atoms with Gasteiger partial charge in [-0.15, -0.1) is 0 Å². The number of methoxy groups -OCH3 is 2. The molecule has 0 fully saturated rings. The van der Waals surface area contributed by atoms with Crippen LogP contribution < -0.4 is 14.8 Å². The molecule has 0 saturated heterocycles. The Morgan fingerprint density at radius 1 is 0.844 bits per heavy atom. The Bertz CT molecular complexity index is 1150. The van der Waals surface area contributed by atoms with E-state index in [1.54, 1.807) is 42.5 Å². The zero-order valence-corrected chi connectivity index (χ0v) is 18.1. The van der Waals surface area contributed by atoms with Gasteiger partial charge in [-0.05, 0) is 36.4 Å². The second-order valence-electron chi connectivity index (χ2n) is 6.58. The monoisotopic (exact) mass is 453 g/mol. The summed E-state index contributed by atoms with van der Waals surface area (Å²) in [5, 5.41) is 2.94. The number of halogens is 1. The van der Waals surface area contributed by atoms with Gasteiger partial charge >= 0.3 is 5.97 Å². The van der Waals surface area contributed by atoms with E-state index in [0.717, 1.165) is 0 Å². The second kappa shape index (κ2) is 10.5. The highest BCUT2D eigenvalue weighted by Gasteiger charge is 2.18. The zero-order chi connectivity index (χ0) is 23.1. The van der Waals surface area contributed by atoms with Crippen molar-refractivity contribution in [2.24, 2.45) is 0 Å². The highest BCUT2D eigenvalue weighted by molar-refractivity contribution is 6.31. The Morgan fingerprint density at radius 3 is 2.25 bits per heavy atom. The largest absolute Gasteiger partial charge is 0.493 e. The first-order valence-corrected chi connectivity index (χ1v) is 9.89. The van der Waals surface area contributed by atoms with Crippen LogP contribution >= 0.6 is 11.6 Å². The van der Waals surface area contributed by atoms with Gasteiger partial charge in [0.2, 0.25) is 0 Å². The Kier molecular flexibility index (Phi) is 7.46. The van der Waals surface area contributed by atoms with Gasteiger partial charge in [-0.3, -0.25) is 9.59 Å². The molecule has 1 N–H and O–H groups in total. The third-order valence-corrected chi connectivity index (χ3v) is 4.73. The molecule has 0 spiro atoms. The Hall–Kier alpha value is -3.84. The predicted octanol–water partition coefficient (Wildman–Crippen LogP) is 4.38. The van der Waals surface area contributed by atoms with Crippen LogP contribution in [0.25, 0.3) is 0 Å². The molecule has 3 aromatic rings. The van der Waals surface area contributed by atoms with Gasteiger partial charge in [0.15, 0.2) is 23.9 Å². The van der Waals surface area contributed by atoms with Crippen molar-refractivity contribution in [3.05, 3.63) is 88.4 Å². The molecular formula is C24H20ClNO6. The van der Waals surface area contributed by atoms with Gasteiger partial charge in [0.25, 0.3) is 5.91 Å². The summed E-state index contributed by atoms with van der Waals surface area (Å²) in [6.45, 7) is -0.547. The normalized spacial score (nSPS) is 10.2. The number of ketones is 1. The fourth-order valence-corrected chi connectivity index (χ4v) is 3.09. The lowest BCUT2D eigenvalue weighted by atomic mass is 10.0. The number of hydrogen-bond acceptors (Lipinski definition) is 6. The van der Waals surface area contributed by atoms with Gasteiger partial charge < -0.3 is 19.5 Å². The van der Waals surface area contributed by atoms with Crippen molar-refractivity contribution in [1.29, 1.82) is 0 Å². The van der Waals surface area contributed by atoms with Crippen LogP contribution in [0, 0.1) is 0 Å². The molecule has 3 aromatic carbocycles. The molecule has 0 atom stereocenters. The van der Waals surface area contributed by atoms with Crippen molar-refractivity contribution in [2.45, 2.75) is 0 Å². The summed E-state index contributed by atoms with van der Waals surface area (Å²) in [5.74, 6) is -0.802. The van der Waals surface area contributed by atoms with Crippen molar-refractivity contribution >= 4 is 34.9 Å². The first-order valence-electron chi connectivity index (χ1n) is 9.51. The molecule has 164 valence electrons. The van der Waals surface area contributed by atoms with E-state index in [-0.39, 0.29) is 22.6 Å². The van der Waals surface area contributed by atoms with E-state index in [0.29, 0.717) is 22.1 Å². The number of hydrogen-bond donors (Lipinski definition) is 1.